The van der Waals surface area contributed by atoms with E-state index in [0.29, 0.717) is 24.8 Å². The number of esters is 3. The van der Waals surface area contributed by atoms with Gasteiger partial charge < -0.3 is 24.4 Å². The summed E-state index contributed by atoms with van der Waals surface area (Å²) >= 11 is 0. The minimum atomic E-state index is -1.43. The maximum atomic E-state index is 12.8. The number of rotatable bonds is 10. The smallest absolute Gasteiger partial charge is 0.308 e. The van der Waals surface area contributed by atoms with E-state index in [0.717, 1.165) is 5.57 Å². The summed E-state index contributed by atoms with van der Waals surface area (Å²) in [7, 11) is 0. The van der Waals surface area contributed by atoms with E-state index in [1.165, 1.54) is 13.0 Å². The Bertz CT molecular complexity index is 1020. The second-order valence-electron chi connectivity index (χ2n) is 11.4. The van der Waals surface area contributed by atoms with Crippen molar-refractivity contribution in [3.63, 3.8) is 0 Å². The van der Waals surface area contributed by atoms with Crippen LogP contribution in [0.4, 0.5) is 0 Å². The van der Waals surface area contributed by atoms with Crippen molar-refractivity contribution in [2.24, 2.45) is 22.7 Å². The zero-order valence-electron chi connectivity index (χ0n) is 24.0. The zero-order chi connectivity index (χ0) is 29.1. The fraction of sp³-hybridized carbons (Fsp3) is 0.700. The number of carbonyl (C=O) groups is 3. The molecule has 0 aromatic rings. The molecule has 0 amide bonds. The topological polar surface area (TPSA) is 129 Å². The highest BCUT2D eigenvalue weighted by molar-refractivity contribution is 5.70. The number of hydrogen-bond donors (Lipinski definition) is 2. The van der Waals surface area contributed by atoms with Crippen LogP contribution in [0.15, 0.2) is 36.0 Å². The average Bonchev–Trinajstić information content (AvgIpc) is 3.16. The van der Waals surface area contributed by atoms with Gasteiger partial charge in [-0.15, -0.1) is 0 Å². The van der Waals surface area contributed by atoms with Gasteiger partial charge in [-0.1, -0.05) is 52.0 Å². The lowest BCUT2D eigenvalue weighted by Crippen LogP contribution is -2.68. The molecule has 9 unspecified atom stereocenters. The van der Waals surface area contributed by atoms with Gasteiger partial charge in [0, 0.05) is 31.3 Å². The van der Waals surface area contributed by atoms with Crippen LogP contribution in [0.2, 0.25) is 0 Å². The fourth-order valence-corrected chi connectivity index (χ4v) is 6.63. The molecule has 9 heteroatoms. The van der Waals surface area contributed by atoms with Gasteiger partial charge in [0.25, 0.3) is 0 Å². The predicted octanol–water partition coefficient (Wildman–Crippen LogP) is 4.12. The molecule has 1 aliphatic heterocycles. The largest absolute Gasteiger partial charge is 0.459 e. The molecule has 1 saturated carbocycles. The van der Waals surface area contributed by atoms with Crippen LogP contribution in [0.3, 0.4) is 0 Å². The quantitative estimate of drug-likeness (QED) is 0.179. The summed E-state index contributed by atoms with van der Waals surface area (Å²) in [6.07, 6.45) is 1.59. The summed E-state index contributed by atoms with van der Waals surface area (Å²) in [5.41, 5.74) is -0.837. The first-order valence-electron chi connectivity index (χ1n) is 14.0. The van der Waals surface area contributed by atoms with Gasteiger partial charge in [-0.3, -0.25) is 19.1 Å². The van der Waals surface area contributed by atoms with Crippen LogP contribution in [0, 0.1) is 22.7 Å². The maximum Gasteiger partial charge on any atom is 0.308 e. The highest BCUT2D eigenvalue weighted by Crippen LogP contribution is 2.67. The number of aliphatic hydroxyl groups excluding tert-OH is 2. The molecule has 0 bridgehead atoms. The average molecular weight is 549 g/mol. The van der Waals surface area contributed by atoms with Crippen LogP contribution in [0.5, 0.6) is 0 Å². The van der Waals surface area contributed by atoms with E-state index in [9.17, 15) is 24.6 Å². The lowest BCUT2D eigenvalue weighted by atomic mass is 9.44. The summed E-state index contributed by atoms with van der Waals surface area (Å²) in [4.78, 5) is 37.6. The van der Waals surface area contributed by atoms with Crippen molar-refractivity contribution in [3.8, 4) is 0 Å². The number of allylic oxidation sites excluding steroid dienone is 3. The van der Waals surface area contributed by atoms with Gasteiger partial charge >= 0.3 is 17.9 Å². The molecule has 39 heavy (non-hydrogen) atoms. The van der Waals surface area contributed by atoms with Crippen LogP contribution in [-0.4, -0.2) is 59.0 Å². The van der Waals surface area contributed by atoms with E-state index in [1.54, 1.807) is 6.08 Å². The summed E-state index contributed by atoms with van der Waals surface area (Å²) in [5.74, 6) is -2.47. The fourth-order valence-electron chi connectivity index (χ4n) is 6.63. The van der Waals surface area contributed by atoms with Crippen molar-refractivity contribution < 1.29 is 43.5 Å². The van der Waals surface area contributed by atoms with E-state index in [1.807, 2.05) is 40.7 Å². The second-order valence-corrected chi connectivity index (χ2v) is 11.4. The van der Waals surface area contributed by atoms with E-state index in [4.69, 9.17) is 18.9 Å². The van der Waals surface area contributed by atoms with Crippen LogP contribution in [0.25, 0.3) is 0 Å². The number of hydrogen-bond acceptors (Lipinski definition) is 9. The lowest BCUT2D eigenvalue weighted by Gasteiger charge is -2.62. The summed E-state index contributed by atoms with van der Waals surface area (Å²) in [6, 6.07) is 0. The Morgan fingerprint density at radius 1 is 1.10 bits per heavy atom. The Kier molecular flexibility index (Phi) is 9.83. The second kappa shape index (κ2) is 12.4. The number of carbonyl (C=O) groups excluding carboxylic acids is 3. The molecule has 9 nitrogen and oxygen atoms in total. The van der Waals surface area contributed by atoms with E-state index in [-0.39, 0.29) is 25.2 Å². The molecule has 0 radical (unpaired) electrons. The monoisotopic (exact) mass is 548 g/mol. The molecule has 1 spiro atoms. The van der Waals surface area contributed by atoms with Crippen LogP contribution in [0.1, 0.15) is 80.1 Å². The third kappa shape index (κ3) is 5.72. The molecular weight excluding hydrogens is 504 g/mol. The molecule has 3 rings (SSSR count). The molecule has 0 aromatic carbocycles. The van der Waals surface area contributed by atoms with Gasteiger partial charge in [-0.05, 0) is 50.0 Å². The summed E-state index contributed by atoms with van der Waals surface area (Å²) < 4.78 is 23.4. The van der Waals surface area contributed by atoms with Crippen LogP contribution in [-0.2, 0) is 33.3 Å². The van der Waals surface area contributed by atoms with Crippen molar-refractivity contribution in [1.29, 1.82) is 0 Å². The summed E-state index contributed by atoms with van der Waals surface area (Å²) in [6.45, 7) is 14.7. The lowest BCUT2D eigenvalue weighted by molar-refractivity contribution is -0.275. The molecule has 2 aliphatic carbocycles. The molecule has 0 aromatic heterocycles. The van der Waals surface area contributed by atoms with E-state index >= 15 is 0 Å². The van der Waals surface area contributed by atoms with Crippen LogP contribution >= 0.6 is 0 Å². The first-order chi connectivity index (χ1) is 18.4. The molecule has 9 atom stereocenters. The highest BCUT2D eigenvalue weighted by atomic mass is 16.8. The van der Waals surface area contributed by atoms with Gasteiger partial charge in [0.05, 0.1) is 11.5 Å². The van der Waals surface area contributed by atoms with Crippen molar-refractivity contribution >= 4 is 17.9 Å². The Labute approximate surface area is 231 Å². The van der Waals surface area contributed by atoms with E-state index < -0.39 is 65.5 Å². The third-order valence-corrected chi connectivity index (χ3v) is 8.82. The maximum absolute atomic E-state index is 12.8. The van der Waals surface area contributed by atoms with Crippen molar-refractivity contribution in [1.82, 2.24) is 0 Å². The molecular formula is C30H44O9. The van der Waals surface area contributed by atoms with Gasteiger partial charge in [-0.25, -0.2) is 0 Å². The minimum Gasteiger partial charge on any atom is -0.459 e. The van der Waals surface area contributed by atoms with Gasteiger partial charge in [0.2, 0.25) is 12.6 Å². The Balaban J connectivity index is 2.25. The van der Waals surface area contributed by atoms with Gasteiger partial charge in [-0.2, -0.15) is 0 Å². The first kappa shape index (κ1) is 31.0. The van der Waals surface area contributed by atoms with Crippen molar-refractivity contribution in [2.45, 2.75) is 111 Å². The van der Waals surface area contributed by atoms with Gasteiger partial charge in [0.1, 0.15) is 12.2 Å². The van der Waals surface area contributed by atoms with Crippen molar-refractivity contribution in [3.05, 3.63) is 36.0 Å². The molecule has 1 saturated heterocycles. The normalized spacial score (nSPS) is 37.7. The molecule has 2 N–H and O–H groups in total. The number of ether oxygens (including phenoxy) is 4. The Hall–Kier alpha value is -2.49. The number of aliphatic hydroxyl groups is 2. The zero-order valence-corrected chi connectivity index (χ0v) is 24.0. The molecule has 218 valence electrons. The molecule has 3 aliphatic rings. The summed E-state index contributed by atoms with van der Waals surface area (Å²) in [5, 5.41) is 23.2. The molecule has 2 fully saturated rings. The standard InChI is InChI=1S/C30H44O9/c1-8-11-23(33)37-25-18(5)29(7,14-13-17(4)10-3)22-16-20(32)15-21-27(38-24(34)12-9-2)39-28(36-19(6)31)30(21,22)26(25)35/h10,13,15,18,20,22,25-28,32,35H,3,8-9,11-12,14,16H2,1-2,4-7H3. The first-order valence-corrected chi connectivity index (χ1v) is 14.0. The minimum absolute atomic E-state index is 0.143. The highest BCUT2D eigenvalue weighted by Gasteiger charge is 2.74. The van der Waals surface area contributed by atoms with Crippen LogP contribution < -0.4 is 0 Å². The van der Waals surface area contributed by atoms with Crippen molar-refractivity contribution in [2.75, 3.05) is 0 Å². The Morgan fingerprint density at radius 3 is 2.28 bits per heavy atom. The third-order valence-electron chi connectivity index (χ3n) is 8.82. The molecule has 1 heterocycles. The Morgan fingerprint density at radius 2 is 1.72 bits per heavy atom. The SMILES string of the molecule is C=CC(C)=CCC1(C)C(C)C(OC(=O)CCC)C(O)C23C(=CC(O)CC12)C(OC(=O)CCC)OC3OC(C)=O. The van der Waals surface area contributed by atoms with E-state index in [2.05, 4.69) is 6.58 Å². The van der Waals surface area contributed by atoms with Gasteiger partial charge in [0.15, 0.2) is 0 Å². The predicted molar refractivity (Wildman–Crippen MR) is 143 cm³/mol.